The summed E-state index contributed by atoms with van der Waals surface area (Å²) in [6.07, 6.45) is 5.24. The summed E-state index contributed by atoms with van der Waals surface area (Å²) in [5.74, 6) is 0.709. The number of ketones is 1. The van der Waals surface area contributed by atoms with Gasteiger partial charge in [-0.25, -0.2) is 14.4 Å². The van der Waals surface area contributed by atoms with E-state index >= 15 is 4.39 Å². The molecule has 0 bridgehead atoms. The number of Topliss-reactive ketones (excluding diaryl/α,β-unsaturated/α-hetero) is 1. The van der Waals surface area contributed by atoms with Crippen LogP contribution in [0.5, 0.6) is 5.75 Å². The second-order valence-electron chi connectivity index (χ2n) is 6.93. The van der Waals surface area contributed by atoms with Gasteiger partial charge in [0.15, 0.2) is 5.78 Å². The molecule has 0 saturated heterocycles. The highest BCUT2D eigenvalue weighted by molar-refractivity contribution is 6.10. The molecule has 0 radical (unpaired) electrons. The van der Waals surface area contributed by atoms with Crippen LogP contribution in [0.2, 0.25) is 0 Å². The van der Waals surface area contributed by atoms with Crippen LogP contribution in [0.4, 0.5) is 10.2 Å². The highest BCUT2D eigenvalue weighted by Crippen LogP contribution is 2.38. The van der Waals surface area contributed by atoms with Crippen LogP contribution in [-0.2, 0) is 7.05 Å². The molecule has 154 valence electrons. The molecule has 0 spiro atoms. The summed E-state index contributed by atoms with van der Waals surface area (Å²) in [7, 11) is 1.84. The molecule has 0 fully saturated rings. The maximum absolute atomic E-state index is 15.3. The zero-order valence-corrected chi connectivity index (χ0v) is 17.0. The first-order valence-electron chi connectivity index (χ1n) is 9.69. The number of anilines is 1. The van der Waals surface area contributed by atoms with Crippen molar-refractivity contribution >= 4 is 22.5 Å². The minimum atomic E-state index is -0.472. The Bertz CT molecular complexity index is 1260. The lowest BCUT2D eigenvalue weighted by molar-refractivity contribution is 0.0989. The number of imidazole rings is 1. The average Bonchev–Trinajstić information content (AvgIpc) is 3.34. The first kappa shape index (κ1) is 19.6. The van der Waals surface area contributed by atoms with E-state index < -0.39 is 5.82 Å². The summed E-state index contributed by atoms with van der Waals surface area (Å²) in [6.45, 7) is 3.97. The van der Waals surface area contributed by atoms with E-state index in [2.05, 4.69) is 15.0 Å². The van der Waals surface area contributed by atoms with Crippen molar-refractivity contribution in [2.24, 2.45) is 7.05 Å². The van der Waals surface area contributed by atoms with E-state index in [1.165, 1.54) is 12.3 Å². The molecule has 0 aliphatic heterocycles. The quantitative estimate of drug-likeness (QED) is 0.463. The molecule has 4 aromatic rings. The molecule has 1 aromatic carbocycles. The van der Waals surface area contributed by atoms with E-state index in [4.69, 9.17) is 10.5 Å². The third-order valence-electron chi connectivity index (χ3n) is 5.02. The van der Waals surface area contributed by atoms with E-state index in [1.807, 2.05) is 18.5 Å². The molecule has 7 nitrogen and oxygen atoms in total. The number of hydrogen-bond acceptors (Lipinski definition) is 5. The second kappa shape index (κ2) is 7.62. The molecule has 0 atom stereocenters. The number of nitrogens with zero attached hydrogens (tertiary/aromatic N) is 3. The van der Waals surface area contributed by atoms with Crippen LogP contribution in [0.1, 0.15) is 30.6 Å². The normalized spacial score (nSPS) is 11.2. The smallest absolute Gasteiger partial charge is 0.164 e. The Labute approximate surface area is 172 Å². The molecule has 0 unspecified atom stereocenters. The zero-order valence-electron chi connectivity index (χ0n) is 17.0. The topological polar surface area (TPSA) is 98.8 Å². The van der Waals surface area contributed by atoms with Crippen LogP contribution in [0.25, 0.3) is 33.5 Å². The molecular weight excluding hydrogens is 385 g/mol. The van der Waals surface area contributed by atoms with Crippen LogP contribution >= 0.6 is 0 Å². The second-order valence-corrected chi connectivity index (χ2v) is 6.93. The summed E-state index contributed by atoms with van der Waals surface area (Å²) in [4.78, 5) is 23.9. The Balaban J connectivity index is 1.94. The number of H-pyrrole nitrogens is 1. The van der Waals surface area contributed by atoms with E-state index in [0.29, 0.717) is 52.3 Å². The Morgan fingerprint density at radius 2 is 2.07 bits per heavy atom. The lowest BCUT2D eigenvalue weighted by Crippen LogP contribution is -2.00. The zero-order chi connectivity index (χ0) is 21.4. The molecule has 30 heavy (non-hydrogen) atoms. The molecule has 3 aromatic heterocycles. The summed E-state index contributed by atoms with van der Waals surface area (Å²) < 4.78 is 22.9. The van der Waals surface area contributed by atoms with Gasteiger partial charge in [0.05, 0.1) is 23.4 Å². The van der Waals surface area contributed by atoms with Crippen molar-refractivity contribution in [2.75, 3.05) is 12.3 Å². The van der Waals surface area contributed by atoms with Gasteiger partial charge in [-0.05, 0) is 25.1 Å². The molecule has 0 amide bonds. The van der Waals surface area contributed by atoms with Gasteiger partial charge in [-0.15, -0.1) is 0 Å². The maximum atomic E-state index is 15.3. The fourth-order valence-electron chi connectivity index (χ4n) is 3.57. The number of aromatic nitrogens is 4. The first-order valence-corrected chi connectivity index (χ1v) is 9.69. The molecule has 4 rings (SSSR count). The van der Waals surface area contributed by atoms with Crippen molar-refractivity contribution in [3.8, 4) is 28.4 Å². The van der Waals surface area contributed by atoms with Crippen LogP contribution in [0.15, 0.2) is 36.8 Å². The summed E-state index contributed by atoms with van der Waals surface area (Å²) >= 11 is 0. The molecule has 3 heterocycles. The van der Waals surface area contributed by atoms with Gasteiger partial charge in [-0.3, -0.25) is 4.79 Å². The Morgan fingerprint density at radius 1 is 1.27 bits per heavy atom. The number of halogens is 1. The minimum Gasteiger partial charge on any atom is -0.493 e. The first-order chi connectivity index (χ1) is 14.4. The molecule has 0 aliphatic rings. The van der Waals surface area contributed by atoms with Gasteiger partial charge in [-0.1, -0.05) is 6.92 Å². The van der Waals surface area contributed by atoms with Gasteiger partial charge in [0, 0.05) is 48.6 Å². The number of nitrogens with one attached hydrogen (secondary N) is 1. The monoisotopic (exact) mass is 407 g/mol. The van der Waals surface area contributed by atoms with Crippen molar-refractivity contribution < 1.29 is 13.9 Å². The third-order valence-corrected chi connectivity index (χ3v) is 5.02. The number of carbonyl (C=O) groups is 1. The number of pyridine rings is 1. The van der Waals surface area contributed by atoms with E-state index in [1.54, 1.807) is 31.5 Å². The number of rotatable bonds is 6. The highest BCUT2D eigenvalue weighted by atomic mass is 19.1. The van der Waals surface area contributed by atoms with Crippen molar-refractivity contribution in [1.82, 2.24) is 19.5 Å². The van der Waals surface area contributed by atoms with Crippen LogP contribution in [0.3, 0.4) is 0 Å². The van der Waals surface area contributed by atoms with Crippen LogP contribution in [-0.4, -0.2) is 31.9 Å². The SMILES string of the molecule is CCOc1cc(-c2nccn2C)cc(F)c1-c1cc2c(C(=O)CC)cnc(N)c2[nH]1. The fourth-order valence-corrected chi connectivity index (χ4v) is 3.57. The number of nitrogen functional groups attached to an aromatic ring is 1. The van der Waals surface area contributed by atoms with E-state index in [9.17, 15) is 4.79 Å². The van der Waals surface area contributed by atoms with Gasteiger partial charge >= 0.3 is 0 Å². The number of hydrogen-bond donors (Lipinski definition) is 2. The number of carbonyl (C=O) groups excluding carboxylic acids is 1. The van der Waals surface area contributed by atoms with Gasteiger partial charge in [-0.2, -0.15) is 0 Å². The van der Waals surface area contributed by atoms with Crippen molar-refractivity contribution in [2.45, 2.75) is 20.3 Å². The van der Waals surface area contributed by atoms with Crippen LogP contribution < -0.4 is 10.5 Å². The minimum absolute atomic E-state index is 0.0614. The highest BCUT2D eigenvalue weighted by Gasteiger charge is 2.21. The molecule has 3 N–H and O–H groups in total. The number of aryl methyl sites for hydroxylation is 1. The molecule has 8 heteroatoms. The predicted octanol–water partition coefficient (Wildman–Crippen LogP) is 4.34. The third kappa shape index (κ3) is 3.20. The summed E-state index contributed by atoms with van der Waals surface area (Å²) in [5.41, 5.74) is 8.29. The Morgan fingerprint density at radius 3 is 2.73 bits per heavy atom. The predicted molar refractivity (Wildman–Crippen MR) is 114 cm³/mol. The van der Waals surface area contributed by atoms with E-state index in [0.717, 1.165) is 0 Å². The Kier molecular flexibility index (Phi) is 4.99. The van der Waals surface area contributed by atoms with Crippen molar-refractivity contribution in [3.63, 3.8) is 0 Å². The largest absolute Gasteiger partial charge is 0.493 e. The fraction of sp³-hybridized carbons (Fsp3) is 0.227. The molecule has 0 saturated carbocycles. The number of benzene rings is 1. The number of nitrogens with two attached hydrogens (primary N) is 1. The molecule has 0 aliphatic carbocycles. The van der Waals surface area contributed by atoms with Gasteiger partial charge in [0.25, 0.3) is 0 Å². The lowest BCUT2D eigenvalue weighted by atomic mass is 10.0. The average molecular weight is 407 g/mol. The van der Waals surface area contributed by atoms with Crippen molar-refractivity contribution in [3.05, 3.63) is 48.2 Å². The van der Waals surface area contributed by atoms with Gasteiger partial charge in [0.1, 0.15) is 23.2 Å². The van der Waals surface area contributed by atoms with E-state index in [-0.39, 0.29) is 17.2 Å². The van der Waals surface area contributed by atoms with Gasteiger partial charge in [0.2, 0.25) is 0 Å². The number of ether oxygens (including phenoxy) is 1. The number of fused-ring (bicyclic) bond motifs is 1. The standard InChI is InChI=1S/C22H22FN5O2/c1-4-17(29)14-11-26-21(24)20-13(14)10-16(27-20)19-15(23)8-12(9-18(19)30-5-2)22-25-6-7-28(22)3/h6-11,27H,4-5H2,1-3H3,(H2,24,26). The number of aromatic amines is 1. The summed E-state index contributed by atoms with van der Waals surface area (Å²) in [5, 5.41) is 0.611. The van der Waals surface area contributed by atoms with Gasteiger partial charge < -0.3 is 20.0 Å². The Hall–Kier alpha value is -3.68. The van der Waals surface area contributed by atoms with Crippen LogP contribution in [0, 0.1) is 5.82 Å². The van der Waals surface area contributed by atoms with Crippen molar-refractivity contribution in [1.29, 1.82) is 0 Å². The summed E-state index contributed by atoms with van der Waals surface area (Å²) in [6, 6.07) is 4.90. The molecular formula is C22H22FN5O2. The maximum Gasteiger partial charge on any atom is 0.164 e. The lowest BCUT2D eigenvalue weighted by Gasteiger charge is -2.13.